The van der Waals surface area contributed by atoms with Crippen LogP contribution in [0, 0.1) is 13.8 Å². The van der Waals surface area contributed by atoms with E-state index in [9.17, 15) is 4.79 Å². The van der Waals surface area contributed by atoms with Gasteiger partial charge in [0, 0.05) is 23.4 Å². The van der Waals surface area contributed by atoms with Crippen molar-refractivity contribution in [3.8, 4) is 0 Å². The van der Waals surface area contributed by atoms with Crippen LogP contribution in [0.25, 0.3) is 0 Å². The Hall–Kier alpha value is -2.60. The van der Waals surface area contributed by atoms with Crippen molar-refractivity contribution in [2.75, 3.05) is 11.1 Å². The number of nitrogens with one attached hydrogen (secondary N) is 1. The molecule has 6 nitrogen and oxygen atoms in total. The molecule has 0 spiro atoms. The number of hydrogen-bond acceptors (Lipinski definition) is 5. The van der Waals surface area contributed by atoms with Crippen molar-refractivity contribution in [1.29, 1.82) is 0 Å². The molecule has 1 aromatic carbocycles. The van der Waals surface area contributed by atoms with Gasteiger partial charge < -0.3 is 16.0 Å². The third-order valence-electron chi connectivity index (χ3n) is 4.72. The molecule has 27 heavy (non-hydrogen) atoms. The first-order valence-corrected chi connectivity index (χ1v) is 9.31. The highest BCUT2D eigenvalue weighted by Gasteiger charge is 2.37. The van der Waals surface area contributed by atoms with E-state index in [4.69, 9.17) is 17.3 Å². The number of carbonyl (C=O) groups excluding carboxylic acids is 1. The van der Waals surface area contributed by atoms with Gasteiger partial charge in [-0.3, -0.25) is 4.79 Å². The first-order valence-electron chi connectivity index (χ1n) is 8.93. The molecule has 1 aliphatic carbocycles. The Kier molecular flexibility index (Phi) is 5.37. The molecule has 1 fully saturated rings. The lowest BCUT2D eigenvalue weighted by Gasteiger charge is -2.30. The summed E-state index contributed by atoms with van der Waals surface area (Å²) < 4.78 is 0. The molecule has 7 heteroatoms. The van der Waals surface area contributed by atoms with Crippen LogP contribution in [0.15, 0.2) is 36.5 Å². The van der Waals surface area contributed by atoms with Crippen molar-refractivity contribution >= 4 is 29.1 Å². The molecule has 1 aliphatic rings. The maximum atomic E-state index is 13.3. The Morgan fingerprint density at radius 1 is 1.33 bits per heavy atom. The van der Waals surface area contributed by atoms with Gasteiger partial charge >= 0.3 is 0 Å². The van der Waals surface area contributed by atoms with Crippen molar-refractivity contribution in [2.45, 2.75) is 45.7 Å². The standard InChI is InChI=1S/C20H24ClN5O/c1-11-6-5-7-12(2)18(11)19(27)26(15-8-9-15)14(4)13(3)23-17-10-16(22)24-20(21)25-17/h5-7,10,13,15H,4,8-9H2,1-3H3,(H3,22,23,24,25)/t13-/m0/s1. The molecule has 1 atom stereocenters. The number of amides is 1. The normalized spacial score (nSPS) is 14.5. The summed E-state index contributed by atoms with van der Waals surface area (Å²) >= 11 is 5.87. The largest absolute Gasteiger partial charge is 0.383 e. The second-order valence-corrected chi connectivity index (χ2v) is 7.32. The van der Waals surface area contributed by atoms with Crippen LogP contribution in [0.2, 0.25) is 5.28 Å². The van der Waals surface area contributed by atoms with Crippen LogP contribution in [0.3, 0.4) is 0 Å². The van der Waals surface area contributed by atoms with E-state index in [-0.39, 0.29) is 29.1 Å². The van der Waals surface area contributed by atoms with Crippen molar-refractivity contribution < 1.29 is 4.79 Å². The predicted molar refractivity (Wildman–Crippen MR) is 109 cm³/mol. The fourth-order valence-electron chi connectivity index (χ4n) is 3.16. The minimum absolute atomic E-state index is 0.00742. The number of rotatable bonds is 6. The Morgan fingerprint density at radius 2 is 1.96 bits per heavy atom. The molecule has 142 valence electrons. The lowest BCUT2D eigenvalue weighted by atomic mass is 10.0. The number of aryl methyl sites for hydroxylation is 2. The van der Waals surface area contributed by atoms with Crippen molar-refractivity contribution in [1.82, 2.24) is 14.9 Å². The molecule has 0 radical (unpaired) electrons. The number of anilines is 2. The zero-order chi connectivity index (χ0) is 19.7. The topological polar surface area (TPSA) is 84.1 Å². The summed E-state index contributed by atoms with van der Waals surface area (Å²) in [5.74, 6) is 0.768. The molecule has 3 N–H and O–H groups in total. The van der Waals surface area contributed by atoms with Gasteiger partial charge in [0.25, 0.3) is 5.91 Å². The summed E-state index contributed by atoms with van der Waals surface area (Å²) in [7, 11) is 0. The minimum atomic E-state index is -0.232. The van der Waals surface area contributed by atoms with E-state index in [1.54, 1.807) is 6.07 Å². The zero-order valence-electron chi connectivity index (χ0n) is 15.8. The average Bonchev–Trinajstić information content (AvgIpc) is 3.38. The van der Waals surface area contributed by atoms with Gasteiger partial charge in [-0.25, -0.2) is 9.97 Å². The Morgan fingerprint density at radius 3 is 2.52 bits per heavy atom. The second-order valence-electron chi connectivity index (χ2n) is 6.98. The van der Waals surface area contributed by atoms with Crippen LogP contribution in [0.5, 0.6) is 0 Å². The molecule has 1 aromatic heterocycles. The Bertz CT molecular complexity index is 853. The van der Waals surface area contributed by atoms with Crippen molar-refractivity contribution in [3.63, 3.8) is 0 Å². The maximum Gasteiger partial charge on any atom is 0.258 e. The van der Waals surface area contributed by atoms with Gasteiger partial charge in [-0.2, -0.15) is 0 Å². The highest BCUT2D eigenvalue weighted by Crippen LogP contribution is 2.33. The average molecular weight is 386 g/mol. The van der Waals surface area contributed by atoms with Crippen molar-refractivity contribution in [3.05, 3.63) is 58.5 Å². The number of aromatic nitrogens is 2. The van der Waals surface area contributed by atoms with Crippen LogP contribution in [0.1, 0.15) is 41.3 Å². The number of benzene rings is 1. The number of nitrogen functional groups attached to an aromatic ring is 1. The number of nitrogens with zero attached hydrogens (tertiary/aromatic N) is 3. The molecule has 0 unspecified atom stereocenters. The first-order chi connectivity index (χ1) is 12.8. The third-order valence-corrected chi connectivity index (χ3v) is 4.89. The molecule has 3 rings (SSSR count). The molecule has 0 bridgehead atoms. The number of carbonyl (C=O) groups is 1. The van der Waals surface area contributed by atoms with Gasteiger partial charge in [-0.1, -0.05) is 24.8 Å². The first kappa shape index (κ1) is 19.2. The van der Waals surface area contributed by atoms with E-state index in [2.05, 4.69) is 21.9 Å². The van der Waals surface area contributed by atoms with E-state index in [1.807, 2.05) is 43.9 Å². The van der Waals surface area contributed by atoms with Gasteiger partial charge in [0.05, 0.1) is 6.04 Å². The molecular formula is C20H24ClN5O. The van der Waals surface area contributed by atoms with E-state index in [0.717, 1.165) is 29.5 Å². The molecule has 2 aromatic rings. The molecule has 0 saturated heterocycles. The van der Waals surface area contributed by atoms with Crippen LogP contribution >= 0.6 is 11.6 Å². The summed E-state index contributed by atoms with van der Waals surface area (Å²) in [6, 6.07) is 7.44. The molecular weight excluding hydrogens is 362 g/mol. The van der Waals surface area contributed by atoms with Gasteiger partial charge in [0.1, 0.15) is 11.6 Å². The number of hydrogen-bond donors (Lipinski definition) is 2. The van der Waals surface area contributed by atoms with Crippen LogP contribution in [-0.2, 0) is 0 Å². The lowest BCUT2D eigenvalue weighted by molar-refractivity contribution is 0.0789. The van der Waals surface area contributed by atoms with Crippen LogP contribution in [0.4, 0.5) is 11.6 Å². The quantitative estimate of drug-likeness (QED) is 0.735. The Labute approximate surface area is 164 Å². The van der Waals surface area contributed by atoms with Gasteiger partial charge in [0.2, 0.25) is 5.28 Å². The smallest absolute Gasteiger partial charge is 0.258 e. The second kappa shape index (κ2) is 7.56. The highest BCUT2D eigenvalue weighted by molar-refractivity contribution is 6.28. The lowest BCUT2D eigenvalue weighted by Crippen LogP contribution is -2.39. The summed E-state index contributed by atoms with van der Waals surface area (Å²) in [4.78, 5) is 23.1. The Balaban J connectivity index is 1.84. The molecule has 1 heterocycles. The monoisotopic (exact) mass is 385 g/mol. The van der Waals surface area contributed by atoms with Crippen molar-refractivity contribution in [2.24, 2.45) is 0 Å². The maximum absolute atomic E-state index is 13.3. The van der Waals surface area contributed by atoms with Gasteiger partial charge in [0.15, 0.2) is 0 Å². The van der Waals surface area contributed by atoms with Crippen LogP contribution < -0.4 is 11.1 Å². The minimum Gasteiger partial charge on any atom is -0.383 e. The highest BCUT2D eigenvalue weighted by atomic mass is 35.5. The van der Waals surface area contributed by atoms with E-state index >= 15 is 0 Å². The SMILES string of the molecule is C=C([C@H](C)Nc1cc(N)nc(Cl)n1)N(C(=O)c1c(C)cccc1C)C1CC1. The van der Waals surface area contributed by atoms with Crippen LogP contribution in [-0.4, -0.2) is 32.9 Å². The fraction of sp³-hybridized carbons (Fsp3) is 0.350. The summed E-state index contributed by atoms with van der Waals surface area (Å²) in [5, 5.41) is 3.28. The number of halogens is 1. The fourth-order valence-corrected chi connectivity index (χ4v) is 3.35. The predicted octanol–water partition coefficient (Wildman–Crippen LogP) is 3.95. The molecule has 0 aliphatic heterocycles. The van der Waals surface area contributed by atoms with E-state index in [0.29, 0.717) is 11.5 Å². The van der Waals surface area contributed by atoms with Gasteiger partial charge in [-0.15, -0.1) is 0 Å². The van der Waals surface area contributed by atoms with E-state index in [1.165, 1.54) is 0 Å². The zero-order valence-corrected chi connectivity index (χ0v) is 16.5. The summed E-state index contributed by atoms with van der Waals surface area (Å²) in [6.45, 7) is 10.1. The summed E-state index contributed by atoms with van der Waals surface area (Å²) in [6.07, 6.45) is 1.96. The summed E-state index contributed by atoms with van der Waals surface area (Å²) in [5.41, 5.74) is 9.09. The molecule has 1 saturated carbocycles. The van der Waals surface area contributed by atoms with Gasteiger partial charge in [-0.05, 0) is 56.3 Å². The number of nitrogens with two attached hydrogens (primary N) is 1. The molecule has 1 amide bonds. The third kappa shape index (κ3) is 4.22. The van der Waals surface area contributed by atoms with E-state index < -0.39 is 0 Å².